The lowest BCUT2D eigenvalue weighted by atomic mass is 9.97. The Morgan fingerprint density at radius 3 is 2.74 bits per heavy atom. The number of aromatic nitrogens is 1. The van der Waals surface area contributed by atoms with Gasteiger partial charge in [0.25, 0.3) is 0 Å². The van der Waals surface area contributed by atoms with Crippen LogP contribution >= 0.6 is 11.6 Å². The van der Waals surface area contributed by atoms with E-state index >= 15 is 0 Å². The molecule has 0 amide bonds. The molecule has 0 N–H and O–H groups in total. The van der Waals surface area contributed by atoms with Gasteiger partial charge in [-0.15, -0.1) is 11.6 Å². The summed E-state index contributed by atoms with van der Waals surface area (Å²) < 4.78 is 27.6. The summed E-state index contributed by atoms with van der Waals surface area (Å²) >= 11 is 5.92. The molecular formula is C19H25ClN4O2S. The predicted octanol–water partition coefficient (Wildman–Crippen LogP) is 3.75. The number of likely N-dealkylation sites (N-methyl/N-ethyl adjacent to an activating group) is 1. The summed E-state index contributed by atoms with van der Waals surface area (Å²) in [7, 11) is -2.06. The standard InChI is InChI=1S/C19H25ClN4O2S/c1-6-8-15-16(12-24-10-7-9-14(2)19(15)24)18(22-13-20)17(11-21-3)23(4)27(5,25)26/h6,8,11-12H,2-3,7,9-10,13H2,1,4-5H3/b8-6-,17-11+,22-18-. The fourth-order valence-electron chi connectivity index (χ4n) is 3.17. The van der Waals surface area contributed by atoms with Gasteiger partial charge >= 0.3 is 0 Å². The molecular weight excluding hydrogens is 384 g/mol. The van der Waals surface area contributed by atoms with Gasteiger partial charge < -0.3 is 4.57 Å². The lowest BCUT2D eigenvalue weighted by Crippen LogP contribution is -2.30. The van der Waals surface area contributed by atoms with Crippen LogP contribution in [-0.2, 0) is 16.6 Å². The van der Waals surface area contributed by atoms with Gasteiger partial charge in [0.05, 0.1) is 29.6 Å². The third-order valence-electron chi connectivity index (χ3n) is 4.43. The number of hydrogen-bond donors (Lipinski definition) is 0. The van der Waals surface area contributed by atoms with Crippen molar-refractivity contribution >= 4 is 45.7 Å². The number of sulfonamides is 1. The van der Waals surface area contributed by atoms with E-state index in [-0.39, 0.29) is 6.00 Å². The lowest BCUT2D eigenvalue weighted by molar-refractivity contribution is 0.538. The maximum absolute atomic E-state index is 12.1. The van der Waals surface area contributed by atoms with Crippen molar-refractivity contribution in [2.45, 2.75) is 26.3 Å². The van der Waals surface area contributed by atoms with Crippen molar-refractivity contribution in [3.05, 3.63) is 47.6 Å². The number of allylic oxidation sites excluding steroid dienone is 3. The van der Waals surface area contributed by atoms with Crippen LogP contribution < -0.4 is 0 Å². The van der Waals surface area contributed by atoms with E-state index in [1.54, 1.807) is 0 Å². The van der Waals surface area contributed by atoms with E-state index in [9.17, 15) is 8.42 Å². The molecule has 0 atom stereocenters. The highest BCUT2D eigenvalue weighted by atomic mass is 35.5. The first kappa shape index (κ1) is 21.2. The monoisotopic (exact) mass is 408 g/mol. The van der Waals surface area contributed by atoms with E-state index in [1.165, 1.54) is 13.2 Å². The average Bonchev–Trinajstić information content (AvgIpc) is 2.96. The molecule has 1 aromatic rings. The van der Waals surface area contributed by atoms with Gasteiger partial charge in [0.15, 0.2) is 0 Å². The van der Waals surface area contributed by atoms with Gasteiger partial charge in [-0.05, 0) is 32.1 Å². The van der Waals surface area contributed by atoms with Crippen LogP contribution in [0.5, 0.6) is 0 Å². The Bertz CT molecular complexity index is 939. The normalized spacial score (nSPS) is 15.9. The second-order valence-corrected chi connectivity index (χ2v) is 8.51. The van der Waals surface area contributed by atoms with Crippen molar-refractivity contribution < 1.29 is 8.42 Å². The van der Waals surface area contributed by atoms with Crippen LogP contribution in [0, 0.1) is 0 Å². The fraction of sp³-hybridized carbons (Fsp3) is 0.368. The zero-order valence-corrected chi connectivity index (χ0v) is 17.5. The molecule has 6 nitrogen and oxygen atoms in total. The van der Waals surface area contributed by atoms with E-state index in [0.717, 1.165) is 52.3 Å². The third kappa shape index (κ3) is 4.42. The Labute approximate surface area is 166 Å². The Kier molecular flexibility index (Phi) is 6.84. The van der Waals surface area contributed by atoms with Crippen LogP contribution in [0.3, 0.4) is 0 Å². The van der Waals surface area contributed by atoms with E-state index in [0.29, 0.717) is 11.4 Å². The van der Waals surface area contributed by atoms with Crippen molar-refractivity contribution in [3.8, 4) is 0 Å². The van der Waals surface area contributed by atoms with Gasteiger partial charge in [0.2, 0.25) is 10.0 Å². The molecule has 0 bridgehead atoms. The summed E-state index contributed by atoms with van der Waals surface area (Å²) in [5.41, 5.74) is 4.60. The number of halogens is 1. The minimum absolute atomic E-state index is 0.0157. The highest BCUT2D eigenvalue weighted by Crippen LogP contribution is 2.34. The zero-order chi connectivity index (χ0) is 20.2. The van der Waals surface area contributed by atoms with Gasteiger partial charge in [-0.1, -0.05) is 18.7 Å². The summed E-state index contributed by atoms with van der Waals surface area (Å²) in [4.78, 5) is 8.19. The molecule has 27 heavy (non-hydrogen) atoms. The van der Waals surface area contributed by atoms with Crippen LogP contribution in [0.15, 0.2) is 40.7 Å². The molecule has 0 aliphatic carbocycles. The molecule has 0 saturated heterocycles. The molecule has 1 aromatic heterocycles. The first-order chi connectivity index (χ1) is 12.8. The van der Waals surface area contributed by atoms with Gasteiger partial charge in [-0.25, -0.2) is 8.42 Å². The van der Waals surface area contributed by atoms with Crippen molar-refractivity contribution in [2.24, 2.45) is 9.98 Å². The number of fused-ring (bicyclic) bond motifs is 1. The second kappa shape index (κ2) is 8.71. The summed E-state index contributed by atoms with van der Waals surface area (Å²) in [6, 6.07) is -0.0157. The quantitative estimate of drug-likeness (QED) is 0.391. The molecule has 8 heteroatoms. The molecule has 0 fully saturated rings. The Hall–Kier alpha value is -2.12. The molecule has 0 aromatic carbocycles. The van der Waals surface area contributed by atoms with Crippen LogP contribution in [0.25, 0.3) is 11.6 Å². The first-order valence-electron chi connectivity index (χ1n) is 8.51. The smallest absolute Gasteiger partial charge is 0.232 e. The average molecular weight is 409 g/mol. The van der Waals surface area contributed by atoms with E-state index in [2.05, 4.69) is 27.8 Å². The molecule has 2 heterocycles. The van der Waals surface area contributed by atoms with Crippen LogP contribution in [0.2, 0.25) is 0 Å². The molecule has 0 saturated carbocycles. The number of aliphatic imine (C=N–C) groups is 2. The van der Waals surface area contributed by atoms with E-state index in [1.807, 2.05) is 25.3 Å². The predicted molar refractivity (Wildman–Crippen MR) is 115 cm³/mol. The second-order valence-electron chi connectivity index (χ2n) is 6.26. The van der Waals surface area contributed by atoms with Gasteiger partial charge in [-0.2, -0.15) is 0 Å². The van der Waals surface area contributed by atoms with Gasteiger partial charge in [-0.3, -0.25) is 14.3 Å². The molecule has 146 valence electrons. The molecule has 0 spiro atoms. The molecule has 2 rings (SSSR count). The third-order valence-corrected chi connectivity index (χ3v) is 5.74. The maximum Gasteiger partial charge on any atom is 0.232 e. The first-order valence-corrected chi connectivity index (χ1v) is 10.9. The largest absolute Gasteiger partial charge is 0.347 e. The number of nitrogens with zero attached hydrogens (tertiary/aromatic N) is 4. The van der Waals surface area contributed by atoms with Crippen molar-refractivity contribution in [2.75, 3.05) is 19.3 Å². The minimum atomic E-state index is -3.52. The summed E-state index contributed by atoms with van der Waals surface area (Å²) in [5, 5.41) is 0. The highest BCUT2D eigenvalue weighted by Gasteiger charge is 2.27. The molecule has 0 unspecified atom stereocenters. The molecule has 0 radical (unpaired) electrons. The minimum Gasteiger partial charge on any atom is -0.347 e. The number of alkyl halides is 1. The summed E-state index contributed by atoms with van der Waals surface area (Å²) in [5.74, 6) is 0. The fourth-order valence-corrected chi connectivity index (χ4v) is 3.78. The Morgan fingerprint density at radius 2 is 2.19 bits per heavy atom. The van der Waals surface area contributed by atoms with Crippen molar-refractivity contribution in [1.29, 1.82) is 0 Å². The summed E-state index contributed by atoms with van der Waals surface area (Å²) in [6.07, 6.45) is 10.4. The number of aryl methyl sites for hydroxylation is 1. The Morgan fingerprint density at radius 1 is 1.48 bits per heavy atom. The number of rotatable bonds is 7. The zero-order valence-electron chi connectivity index (χ0n) is 15.9. The molecule has 1 aliphatic heterocycles. The Balaban J connectivity index is 2.77. The summed E-state index contributed by atoms with van der Waals surface area (Å²) in [6.45, 7) is 10.5. The van der Waals surface area contributed by atoms with Crippen LogP contribution in [0.4, 0.5) is 0 Å². The number of hydrogen-bond acceptors (Lipinski definition) is 4. The van der Waals surface area contributed by atoms with Crippen LogP contribution in [-0.4, -0.2) is 49.0 Å². The van der Waals surface area contributed by atoms with E-state index in [4.69, 9.17) is 11.6 Å². The van der Waals surface area contributed by atoms with Gasteiger partial charge in [0.1, 0.15) is 6.00 Å². The lowest BCUT2D eigenvalue weighted by Gasteiger charge is -2.21. The van der Waals surface area contributed by atoms with Crippen molar-refractivity contribution in [1.82, 2.24) is 8.87 Å². The maximum atomic E-state index is 12.1. The van der Waals surface area contributed by atoms with Gasteiger partial charge in [0, 0.05) is 30.9 Å². The highest BCUT2D eigenvalue weighted by molar-refractivity contribution is 7.88. The van der Waals surface area contributed by atoms with E-state index < -0.39 is 10.0 Å². The van der Waals surface area contributed by atoms with Crippen LogP contribution in [0.1, 0.15) is 36.6 Å². The molecule has 1 aliphatic rings. The SMILES string of the molecule is C=N/C=C(\C(=N/CCl)c1cn2c(c1/C=C\C)C(=C)CCC2)N(C)S(C)(=O)=O. The topological polar surface area (TPSA) is 67.0 Å². The van der Waals surface area contributed by atoms with Crippen molar-refractivity contribution in [3.63, 3.8) is 0 Å².